The molecule has 1 fully saturated rings. The summed E-state index contributed by atoms with van der Waals surface area (Å²) in [6.07, 6.45) is 0. The van der Waals surface area contributed by atoms with Crippen LogP contribution in [-0.4, -0.2) is 60.4 Å². The number of anilines is 1. The maximum Gasteiger partial charge on any atom is 0.260 e. The average molecular weight is 447 g/mol. The number of hydrogen-bond acceptors (Lipinski definition) is 6. The van der Waals surface area contributed by atoms with E-state index in [1.165, 1.54) is 0 Å². The van der Waals surface area contributed by atoms with Gasteiger partial charge in [-0.1, -0.05) is 18.2 Å². The Kier molecular flexibility index (Phi) is 7.07. The van der Waals surface area contributed by atoms with Crippen LogP contribution >= 0.6 is 0 Å². The molecule has 2 heterocycles. The van der Waals surface area contributed by atoms with E-state index in [0.29, 0.717) is 32.8 Å². The highest BCUT2D eigenvalue weighted by Crippen LogP contribution is 2.23. The van der Waals surface area contributed by atoms with Gasteiger partial charge in [0.1, 0.15) is 11.5 Å². The standard InChI is InChI=1S/C26H30N4O3/c1-4-32-22-10-8-21(9-11-22)23-12-13-24(28-27-23)29-14-16-30(17-15-29)25(31)18-33-26-19(2)6-5-7-20(26)3/h5-13H,4,14-18H2,1-3H3. The van der Waals surface area contributed by atoms with E-state index in [2.05, 4.69) is 15.1 Å². The topological polar surface area (TPSA) is 67.8 Å². The molecule has 0 saturated carbocycles. The summed E-state index contributed by atoms with van der Waals surface area (Å²) in [5.41, 5.74) is 3.90. The van der Waals surface area contributed by atoms with Gasteiger partial charge >= 0.3 is 0 Å². The van der Waals surface area contributed by atoms with Crippen molar-refractivity contribution in [1.29, 1.82) is 0 Å². The number of hydrogen-bond donors (Lipinski definition) is 0. The van der Waals surface area contributed by atoms with Gasteiger partial charge in [0.05, 0.1) is 12.3 Å². The first-order valence-electron chi connectivity index (χ1n) is 11.3. The predicted molar refractivity (Wildman–Crippen MR) is 129 cm³/mol. The molecule has 2 aromatic carbocycles. The molecule has 172 valence electrons. The number of benzene rings is 2. The summed E-state index contributed by atoms with van der Waals surface area (Å²) in [4.78, 5) is 16.7. The molecular formula is C26H30N4O3. The van der Waals surface area contributed by atoms with Gasteiger partial charge in [0.15, 0.2) is 12.4 Å². The van der Waals surface area contributed by atoms with Crippen LogP contribution in [0.3, 0.4) is 0 Å². The van der Waals surface area contributed by atoms with Crippen LogP contribution in [0.5, 0.6) is 11.5 Å². The molecule has 1 aromatic heterocycles. The third-order valence-electron chi connectivity index (χ3n) is 5.82. The second-order valence-corrected chi connectivity index (χ2v) is 8.11. The van der Waals surface area contributed by atoms with Crippen LogP contribution in [0.2, 0.25) is 0 Å². The highest BCUT2D eigenvalue weighted by molar-refractivity contribution is 5.78. The zero-order valence-corrected chi connectivity index (χ0v) is 19.5. The van der Waals surface area contributed by atoms with Crippen LogP contribution in [0.15, 0.2) is 54.6 Å². The molecule has 0 aliphatic carbocycles. The molecule has 7 heteroatoms. The van der Waals surface area contributed by atoms with Crippen LogP contribution in [0, 0.1) is 13.8 Å². The molecule has 0 bridgehead atoms. The summed E-state index contributed by atoms with van der Waals surface area (Å²) in [6, 6.07) is 17.8. The molecule has 0 spiro atoms. The van der Waals surface area contributed by atoms with E-state index in [1.54, 1.807) is 0 Å². The molecule has 3 aromatic rings. The lowest BCUT2D eigenvalue weighted by atomic mass is 10.1. The Labute approximate surface area is 195 Å². The minimum Gasteiger partial charge on any atom is -0.494 e. The van der Waals surface area contributed by atoms with Crippen molar-refractivity contribution < 1.29 is 14.3 Å². The van der Waals surface area contributed by atoms with Crippen molar-refractivity contribution in [3.63, 3.8) is 0 Å². The van der Waals surface area contributed by atoms with E-state index in [-0.39, 0.29) is 12.5 Å². The van der Waals surface area contributed by atoms with E-state index in [9.17, 15) is 4.79 Å². The number of aromatic nitrogens is 2. The third-order valence-corrected chi connectivity index (χ3v) is 5.82. The largest absolute Gasteiger partial charge is 0.494 e. The average Bonchev–Trinajstić information content (AvgIpc) is 2.84. The lowest BCUT2D eigenvalue weighted by Crippen LogP contribution is -2.50. The fraction of sp³-hybridized carbons (Fsp3) is 0.346. The van der Waals surface area contributed by atoms with Crippen molar-refractivity contribution in [3.05, 3.63) is 65.7 Å². The summed E-state index contributed by atoms with van der Waals surface area (Å²) < 4.78 is 11.3. The van der Waals surface area contributed by atoms with Gasteiger partial charge in [0, 0.05) is 31.7 Å². The summed E-state index contributed by atoms with van der Waals surface area (Å²) in [7, 11) is 0. The van der Waals surface area contributed by atoms with Crippen LogP contribution in [-0.2, 0) is 4.79 Å². The van der Waals surface area contributed by atoms with Gasteiger partial charge in [0.2, 0.25) is 0 Å². The smallest absolute Gasteiger partial charge is 0.260 e. The van der Waals surface area contributed by atoms with E-state index in [4.69, 9.17) is 9.47 Å². The fourth-order valence-electron chi connectivity index (χ4n) is 3.97. The van der Waals surface area contributed by atoms with Gasteiger partial charge < -0.3 is 19.3 Å². The molecule has 1 aliphatic heterocycles. The summed E-state index contributed by atoms with van der Waals surface area (Å²) in [5.74, 6) is 2.47. The number of carbonyl (C=O) groups excluding carboxylic acids is 1. The highest BCUT2D eigenvalue weighted by atomic mass is 16.5. The van der Waals surface area contributed by atoms with Crippen molar-refractivity contribution >= 4 is 11.7 Å². The molecule has 0 N–H and O–H groups in total. The monoisotopic (exact) mass is 446 g/mol. The quantitative estimate of drug-likeness (QED) is 0.549. The molecule has 0 atom stereocenters. The molecule has 0 radical (unpaired) electrons. The van der Waals surface area contributed by atoms with E-state index in [0.717, 1.165) is 39.7 Å². The van der Waals surface area contributed by atoms with Crippen molar-refractivity contribution in [2.24, 2.45) is 0 Å². The number of ether oxygens (including phenoxy) is 2. The molecule has 33 heavy (non-hydrogen) atoms. The number of amides is 1. The lowest BCUT2D eigenvalue weighted by Gasteiger charge is -2.35. The summed E-state index contributed by atoms with van der Waals surface area (Å²) in [6.45, 7) is 9.36. The van der Waals surface area contributed by atoms with E-state index < -0.39 is 0 Å². The highest BCUT2D eigenvalue weighted by Gasteiger charge is 2.23. The van der Waals surface area contributed by atoms with E-state index in [1.807, 2.05) is 80.3 Å². The van der Waals surface area contributed by atoms with E-state index >= 15 is 0 Å². The Balaban J connectivity index is 1.30. The first-order chi connectivity index (χ1) is 16.0. The van der Waals surface area contributed by atoms with Crippen molar-refractivity contribution in [3.8, 4) is 22.8 Å². The molecule has 1 aliphatic rings. The second-order valence-electron chi connectivity index (χ2n) is 8.11. The van der Waals surface area contributed by atoms with Gasteiger partial charge in [-0.3, -0.25) is 4.79 Å². The molecule has 4 rings (SSSR count). The molecule has 7 nitrogen and oxygen atoms in total. The number of rotatable bonds is 7. The Morgan fingerprint density at radius 2 is 1.58 bits per heavy atom. The number of aryl methyl sites for hydroxylation is 2. The Bertz CT molecular complexity index is 1060. The number of piperazine rings is 1. The Hall–Kier alpha value is -3.61. The maximum absolute atomic E-state index is 12.6. The zero-order valence-electron chi connectivity index (χ0n) is 19.5. The molecule has 1 amide bonds. The predicted octanol–water partition coefficient (Wildman–Crippen LogP) is 3.89. The normalized spacial score (nSPS) is 13.7. The third kappa shape index (κ3) is 5.42. The maximum atomic E-state index is 12.6. The van der Waals surface area contributed by atoms with Crippen LogP contribution in [0.1, 0.15) is 18.1 Å². The SMILES string of the molecule is CCOc1ccc(-c2ccc(N3CCN(C(=O)COc4c(C)cccc4C)CC3)nn2)cc1. The fourth-order valence-corrected chi connectivity index (χ4v) is 3.97. The first kappa shape index (κ1) is 22.6. The van der Waals surface area contributed by atoms with Crippen molar-refractivity contribution in [1.82, 2.24) is 15.1 Å². The minimum atomic E-state index is 0.00855. The number of nitrogens with zero attached hydrogens (tertiary/aromatic N) is 4. The molecule has 0 unspecified atom stereocenters. The minimum absolute atomic E-state index is 0.00855. The van der Waals surface area contributed by atoms with Crippen molar-refractivity contribution in [2.45, 2.75) is 20.8 Å². The number of carbonyl (C=O) groups is 1. The Morgan fingerprint density at radius 1 is 0.879 bits per heavy atom. The second kappa shape index (κ2) is 10.3. The van der Waals surface area contributed by atoms with Crippen LogP contribution < -0.4 is 14.4 Å². The van der Waals surface area contributed by atoms with Crippen LogP contribution in [0.25, 0.3) is 11.3 Å². The molecular weight excluding hydrogens is 416 g/mol. The Morgan fingerprint density at radius 3 is 2.18 bits per heavy atom. The van der Waals surface area contributed by atoms with Gasteiger partial charge in [-0.25, -0.2) is 0 Å². The summed E-state index contributed by atoms with van der Waals surface area (Å²) >= 11 is 0. The van der Waals surface area contributed by atoms with Gasteiger partial charge in [0.25, 0.3) is 5.91 Å². The van der Waals surface area contributed by atoms with Gasteiger partial charge in [-0.15, -0.1) is 10.2 Å². The van der Waals surface area contributed by atoms with Crippen LogP contribution in [0.4, 0.5) is 5.82 Å². The summed E-state index contributed by atoms with van der Waals surface area (Å²) in [5, 5.41) is 8.82. The molecule has 1 saturated heterocycles. The lowest BCUT2D eigenvalue weighted by molar-refractivity contribution is -0.133. The zero-order chi connectivity index (χ0) is 23.2. The first-order valence-corrected chi connectivity index (χ1v) is 11.3. The van der Waals surface area contributed by atoms with Gasteiger partial charge in [-0.2, -0.15) is 0 Å². The number of para-hydroxylation sites is 1. The van der Waals surface area contributed by atoms with Crippen molar-refractivity contribution in [2.75, 3.05) is 44.3 Å². The van der Waals surface area contributed by atoms with Gasteiger partial charge in [-0.05, 0) is 68.3 Å².